The zero-order valence-electron chi connectivity index (χ0n) is 17.9. The molecule has 4 rings (SSSR count). The summed E-state index contributed by atoms with van der Waals surface area (Å²) in [4.78, 5) is 8.96. The van der Waals surface area contributed by atoms with E-state index >= 15 is 0 Å². The first-order valence-corrected chi connectivity index (χ1v) is 11.4. The number of hydrogen-bond donors (Lipinski definition) is 1. The Morgan fingerprint density at radius 1 is 0.839 bits per heavy atom. The molecule has 0 saturated carbocycles. The highest BCUT2D eigenvalue weighted by atomic mass is 32.1. The van der Waals surface area contributed by atoms with Crippen molar-refractivity contribution in [3.63, 3.8) is 0 Å². The van der Waals surface area contributed by atoms with Crippen LogP contribution in [0.3, 0.4) is 0 Å². The Morgan fingerprint density at radius 2 is 1.48 bits per heavy atom. The van der Waals surface area contributed by atoms with Crippen LogP contribution in [0.15, 0.2) is 85.2 Å². The van der Waals surface area contributed by atoms with Gasteiger partial charge in [-0.3, -0.25) is 9.88 Å². The molecule has 4 nitrogen and oxygen atoms in total. The molecular formula is C26H30N4S. The molecule has 1 aliphatic rings. The highest BCUT2D eigenvalue weighted by Crippen LogP contribution is 2.23. The first-order valence-electron chi connectivity index (χ1n) is 11.0. The molecule has 1 saturated heterocycles. The van der Waals surface area contributed by atoms with E-state index in [0.717, 1.165) is 50.8 Å². The van der Waals surface area contributed by atoms with Crippen LogP contribution in [-0.2, 0) is 6.54 Å². The standard InChI is InChI=1S/C26H30N4S/c31-26(30-17-7-16-29(18-19-30)21-22-12-14-27-15-13-22)28-20-25(23-8-3-1-4-9-23)24-10-5-2-6-11-24/h1-6,8-15,25H,7,16-21H2,(H,28,31). The van der Waals surface area contributed by atoms with Gasteiger partial charge in [0.05, 0.1) is 0 Å². The van der Waals surface area contributed by atoms with Gasteiger partial charge in [-0.15, -0.1) is 0 Å². The number of benzene rings is 2. The fourth-order valence-electron chi connectivity index (χ4n) is 4.18. The van der Waals surface area contributed by atoms with E-state index in [4.69, 9.17) is 12.2 Å². The second kappa shape index (κ2) is 11.0. The predicted octanol–water partition coefficient (Wildman–Crippen LogP) is 4.30. The summed E-state index contributed by atoms with van der Waals surface area (Å²) in [5.41, 5.74) is 3.93. The molecule has 0 atom stereocenters. The number of hydrogen-bond acceptors (Lipinski definition) is 3. The van der Waals surface area contributed by atoms with Gasteiger partial charge in [0.15, 0.2) is 5.11 Å². The van der Waals surface area contributed by atoms with Gasteiger partial charge >= 0.3 is 0 Å². The van der Waals surface area contributed by atoms with Gasteiger partial charge in [0.25, 0.3) is 0 Å². The first kappa shape index (κ1) is 21.5. The minimum absolute atomic E-state index is 0.274. The molecule has 2 aromatic carbocycles. The highest BCUT2D eigenvalue weighted by Gasteiger charge is 2.19. The molecule has 0 bridgehead atoms. The van der Waals surface area contributed by atoms with E-state index in [0.29, 0.717) is 0 Å². The van der Waals surface area contributed by atoms with Crippen molar-refractivity contribution >= 4 is 17.3 Å². The van der Waals surface area contributed by atoms with Crippen molar-refractivity contribution in [1.82, 2.24) is 20.1 Å². The zero-order chi connectivity index (χ0) is 21.3. The summed E-state index contributed by atoms with van der Waals surface area (Å²) in [6.45, 7) is 5.84. The molecule has 1 aromatic heterocycles. The number of nitrogens with one attached hydrogen (secondary N) is 1. The van der Waals surface area contributed by atoms with Gasteiger partial charge in [-0.05, 0) is 47.5 Å². The van der Waals surface area contributed by atoms with Crippen LogP contribution in [0.4, 0.5) is 0 Å². The predicted molar refractivity (Wildman–Crippen MR) is 131 cm³/mol. The Labute approximate surface area is 190 Å². The summed E-state index contributed by atoms with van der Waals surface area (Å²) in [6, 6.07) is 25.6. The van der Waals surface area contributed by atoms with Gasteiger partial charge < -0.3 is 10.2 Å². The van der Waals surface area contributed by atoms with Crippen molar-refractivity contribution in [2.45, 2.75) is 18.9 Å². The van der Waals surface area contributed by atoms with Crippen molar-refractivity contribution in [1.29, 1.82) is 0 Å². The third-order valence-electron chi connectivity index (χ3n) is 5.89. The number of aromatic nitrogens is 1. The maximum Gasteiger partial charge on any atom is 0.169 e. The molecule has 1 fully saturated rings. The summed E-state index contributed by atoms with van der Waals surface area (Å²) in [5.74, 6) is 0.274. The van der Waals surface area contributed by atoms with Crippen LogP contribution in [-0.4, -0.2) is 52.6 Å². The Balaban J connectivity index is 1.35. The monoisotopic (exact) mass is 430 g/mol. The maximum atomic E-state index is 5.81. The molecule has 0 spiro atoms. The molecule has 1 aliphatic heterocycles. The van der Waals surface area contributed by atoms with Crippen molar-refractivity contribution in [3.05, 3.63) is 102 Å². The quantitative estimate of drug-likeness (QED) is 0.590. The van der Waals surface area contributed by atoms with Gasteiger partial charge in [0.2, 0.25) is 0 Å². The van der Waals surface area contributed by atoms with E-state index in [1.54, 1.807) is 0 Å². The zero-order valence-corrected chi connectivity index (χ0v) is 18.7. The van der Waals surface area contributed by atoms with Crippen LogP contribution in [0, 0.1) is 0 Å². The van der Waals surface area contributed by atoms with Gasteiger partial charge in [-0.25, -0.2) is 0 Å². The van der Waals surface area contributed by atoms with Gasteiger partial charge in [0, 0.05) is 57.6 Å². The minimum atomic E-state index is 0.274. The summed E-state index contributed by atoms with van der Waals surface area (Å²) in [6.07, 6.45) is 4.86. The van der Waals surface area contributed by atoms with Gasteiger partial charge in [-0.1, -0.05) is 60.7 Å². The smallest absolute Gasteiger partial charge is 0.169 e. The summed E-state index contributed by atoms with van der Waals surface area (Å²) in [7, 11) is 0. The molecule has 0 aliphatic carbocycles. The summed E-state index contributed by atoms with van der Waals surface area (Å²) in [5, 5.41) is 4.44. The molecule has 3 aromatic rings. The minimum Gasteiger partial charge on any atom is -0.362 e. The summed E-state index contributed by atoms with van der Waals surface area (Å²) >= 11 is 5.81. The molecular weight excluding hydrogens is 400 g/mol. The maximum absolute atomic E-state index is 5.81. The average molecular weight is 431 g/mol. The molecule has 0 amide bonds. The normalized spacial score (nSPS) is 14.9. The van der Waals surface area contributed by atoms with E-state index in [1.807, 2.05) is 12.4 Å². The lowest BCUT2D eigenvalue weighted by Gasteiger charge is -2.27. The number of nitrogens with zero attached hydrogens (tertiary/aromatic N) is 3. The summed E-state index contributed by atoms with van der Waals surface area (Å²) < 4.78 is 0. The van der Waals surface area contributed by atoms with Crippen LogP contribution in [0.5, 0.6) is 0 Å². The Morgan fingerprint density at radius 3 is 2.13 bits per heavy atom. The second-order valence-electron chi connectivity index (χ2n) is 8.03. The lowest BCUT2D eigenvalue weighted by molar-refractivity contribution is 0.277. The Kier molecular flexibility index (Phi) is 7.64. The van der Waals surface area contributed by atoms with Crippen LogP contribution in [0.25, 0.3) is 0 Å². The van der Waals surface area contributed by atoms with Crippen molar-refractivity contribution in [3.8, 4) is 0 Å². The van der Waals surface area contributed by atoms with Gasteiger partial charge in [-0.2, -0.15) is 0 Å². The molecule has 5 heteroatoms. The fraction of sp³-hybridized carbons (Fsp3) is 0.308. The third-order valence-corrected chi connectivity index (χ3v) is 6.30. The fourth-order valence-corrected chi connectivity index (χ4v) is 4.44. The molecule has 31 heavy (non-hydrogen) atoms. The molecule has 2 heterocycles. The third kappa shape index (κ3) is 6.12. The van der Waals surface area contributed by atoms with E-state index in [2.05, 4.69) is 92.9 Å². The van der Waals surface area contributed by atoms with Crippen LogP contribution >= 0.6 is 12.2 Å². The number of rotatable bonds is 6. The van der Waals surface area contributed by atoms with Gasteiger partial charge in [0.1, 0.15) is 0 Å². The topological polar surface area (TPSA) is 31.4 Å². The van der Waals surface area contributed by atoms with Crippen molar-refractivity contribution in [2.24, 2.45) is 0 Å². The average Bonchev–Trinajstić information content (AvgIpc) is 3.07. The first-order chi connectivity index (χ1) is 15.3. The molecule has 160 valence electrons. The van der Waals surface area contributed by atoms with Crippen molar-refractivity contribution in [2.75, 3.05) is 32.7 Å². The lowest BCUT2D eigenvalue weighted by atomic mass is 9.91. The molecule has 0 radical (unpaired) electrons. The SMILES string of the molecule is S=C(NCC(c1ccccc1)c1ccccc1)N1CCCN(Cc2ccncc2)CC1. The lowest BCUT2D eigenvalue weighted by Crippen LogP contribution is -2.43. The molecule has 0 unspecified atom stereocenters. The van der Waals surface area contributed by atoms with E-state index in [-0.39, 0.29) is 5.92 Å². The van der Waals surface area contributed by atoms with E-state index in [9.17, 15) is 0 Å². The number of pyridine rings is 1. The van der Waals surface area contributed by atoms with Crippen LogP contribution in [0.1, 0.15) is 29.0 Å². The largest absolute Gasteiger partial charge is 0.362 e. The Bertz CT molecular complexity index is 894. The van der Waals surface area contributed by atoms with Crippen molar-refractivity contribution < 1.29 is 0 Å². The number of thiocarbonyl (C=S) groups is 1. The van der Waals surface area contributed by atoms with Crippen LogP contribution in [0.2, 0.25) is 0 Å². The molecule has 1 N–H and O–H groups in total. The van der Waals surface area contributed by atoms with E-state index < -0.39 is 0 Å². The highest BCUT2D eigenvalue weighted by molar-refractivity contribution is 7.80. The van der Waals surface area contributed by atoms with Crippen LogP contribution < -0.4 is 5.32 Å². The van der Waals surface area contributed by atoms with E-state index in [1.165, 1.54) is 16.7 Å². The Hall–Kier alpha value is -2.76. The second-order valence-corrected chi connectivity index (χ2v) is 8.42.